The topological polar surface area (TPSA) is 175 Å². The SMILES string of the molecule is CC1(C)CCC(CN2CCN(c3ccc(C(=O)NS(=O)(=O)c4ccc(NC5CCN(C6CCOCC6)CC5)c([N+](=O)[O-])c4)c(Oc4cnc5[nH]ccc5c4)c3)CC2)=C(c2ccc(C(F)(F)F)cc2Cl)C1. The molecule has 0 radical (unpaired) electrons. The van der Waals surface area contributed by atoms with E-state index in [0.29, 0.717) is 67.8 Å². The molecule has 0 atom stereocenters. The first-order valence-corrected chi connectivity index (χ1v) is 25.5. The summed E-state index contributed by atoms with van der Waals surface area (Å²) in [5, 5.41) is 16.4. The van der Waals surface area contributed by atoms with Gasteiger partial charge in [0, 0.05) is 106 Å². The standard InChI is InChI=1S/C50H56ClF3N8O7S/c1-49(2)15-9-33(42(29-49)40-6-3-34(26-43(40)51)50(52,53)54)31-59-19-21-61(22-20-59)37-4-7-41(46(27-37)69-38-25-32-10-16-55-47(32)56-30-38)48(63)58-70(66,67)39-5-8-44(45(28-39)62(64)65)57-35-11-17-60(18-12-35)36-13-23-68-24-14-36/h3-8,10,16,25-28,30,35-36,57H,9,11-15,17-24,29,31H2,1-2H3,(H,55,56)(H,58,63). The number of carbonyl (C=O) groups excluding carboxylic acids is 1. The minimum Gasteiger partial charge on any atom is -0.455 e. The van der Waals surface area contributed by atoms with Gasteiger partial charge in [-0.15, -0.1) is 0 Å². The highest BCUT2D eigenvalue weighted by atomic mass is 35.5. The molecule has 0 bridgehead atoms. The normalized spacial score (nSPS) is 19.1. The molecule has 0 spiro atoms. The molecule has 5 heterocycles. The lowest BCUT2D eigenvalue weighted by Gasteiger charge is -2.39. The molecule has 15 nitrogen and oxygen atoms in total. The molecule has 5 aromatic rings. The van der Waals surface area contributed by atoms with E-state index in [2.05, 4.69) is 48.6 Å². The first-order chi connectivity index (χ1) is 33.4. The van der Waals surface area contributed by atoms with E-state index in [9.17, 15) is 36.5 Å². The number of ether oxygens (including phenoxy) is 2. The second kappa shape index (κ2) is 20.2. The Balaban J connectivity index is 0.908. The van der Waals surface area contributed by atoms with E-state index in [1.54, 1.807) is 24.4 Å². The minimum atomic E-state index is -4.62. The summed E-state index contributed by atoms with van der Waals surface area (Å²) in [6.45, 7) is 10.6. The predicted octanol–water partition coefficient (Wildman–Crippen LogP) is 9.90. The van der Waals surface area contributed by atoms with Gasteiger partial charge in [0.25, 0.3) is 21.6 Å². The van der Waals surface area contributed by atoms with Gasteiger partial charge in [-0.2, -0.15) is 13.2 Å². The highest BCUT2D eigenvalue weighted by molar-refractivity contribution is 7.90. The summed E-state index contributed by atoms with van der Waals surface area (Å²) in [5.41, 5.74) is 2.96. The number of alkyl halides is 3. The zero-order chi connectivity index (χ0) is 49.4. The van der Waals surface area contributed by atoms with Gasteiger partial charge in [0.2, 0.25) is 0 Å². The van der Waals surface area contributed by atoms with Crippen LogP contribution < -0.4 is 19.7 Å². The minimum absolute atomic E-state index is 0.0422. The van der Waals surface area contributed by atoms with Gasteiger partial charge < -0.3 is 29.6 Å². The highest BCUT2D eigenvalue weighted by Crippen LogP contribution is 2.46. The number of hydrogen-bond acceptors (Lipinski definition) is 12. The number of rotatable bonds is 13. The largest absolute Gasteiger partial charge is 0.455 e. The van der Waals surface area contributed by atoms with E-state index in [1.165, 1.54) is 30.5 Å². The van der Waals surface area contributed by atoms with Crippen LogP contribution in [0.1, 0.15) is 80.3 Å². The van der Waals surface area contributed by atoms with Crippen molar-refractivity contribution in [1.29, 1.82) is 0 Å². The third-order valence-corrected chi connectivity index (χ3v) is 15.7. The van der Waals surface area contributed by atoms with Gasteiger partial charge in [0.1, 0.15) is 22.8 Å². The van der Waals surface area contributed by atoms with Crippen molar-refractivity contribution in [3.05, 3.63) is 117 Å². The third-order valence-electron chi connectivity index (χ3n) is 14.1. The number of fused-ring (bicyclic) bond motifs is 1. The fourth-order valence-corrected chi connectivity index (χ4v) is 11.4. The summed E-state index contributed by atoms with van der Waals surface area (Å²) in [7, 11) is -4.62. The molecule has 1 aliphatic carbocycles. The molecule has 9 rings (SSSR count). The van der Waals surface area contributed by atoms with E-state index in [0.717, 1.165) is 99.6 Å². The lowest BCUT2D eigenvalue weighted by Crippen LogP contribution is -2.47. The van der Waals surface area contributed by atoms with Crippen molar-refractivity contribution in [3.63, 3.8) is 0 Å². The van der Waals surface area contributed by atoms with Gasteiger partial charge in [0.15, 0.2) is 0 Å². The molecule has 2 aromatic heterocycles. The Morgan fingerprint density at radius 2 is 1.74 bits per heavy atom. The first-order valence-electron chi connectivity index (χ1n) is 23.6. The van der Waals surface area contributed by atoms with E-state index in [4.69, 9.17) is 21.1 Å². The van der Waals surface area contributed by atoms with Gasteiger partial charge in [-0.3, -0.25) is 19.8 Å². The molecule has 3 N–H and O–H groups in total. The van der Waals surface area contributed by atoms with Crippen molar-refractivity contribution >= 4 is 61.2 Å². The molecule has 1 amide bonds. The van der Waals surface area contributed by atoms with Crippen LogP contribution >= 0.6 is 11.6 Å². The molecule has 20 heteroatoms. The second-order valence-electron chi connectivity index (χ2n) is 19.4. The number of pyridine rings is 1. The average molecular weight is 1010 g/mol. The van der Waals surface area contributed by atoms with Crippen LogP contribution in [0, 0.1) is 15.5 Å². The maximum Gasteiger partial charge on any atom is 0.416 e. The molecule has 3 aliphatic heterocycles. The number of nitro groups is 1. The van der Waals surface area contributed by atoms with Crippen molar-refractivity contribution in [2.24, 2.45) is 5.41 Å². The number of anilines is 2. The summed E-state index contributed by atoms with van der Waals surface area (Å²) in [5.74, 6) is -0.645. The number of allylic oxidation sites excluding steroid dienone is 1. The molecule has 3 aromatic carbocycles. The summed E-state index contributed by atoms with van der Waals surface area (Å²) in [6, 6.07) is 16.0. The Morgan fingerprint density at radius 1 is 0.986 bits per heavy atom. The fraction of sp³-hybridized carbons (Fsp3) is 0.440. The lowest BCUT2D eigenvalue weighted by molar-refractivity contribution is -0.384. The smallest absolute Gasteiger partial charge is 0.416 e. The fourth-order valence-electron chi connectivity index (χ4n) is 10.1. The molecule has 0 unspecified atom stereocenters. The van der Waals surface area contributed by atoms with Crippen molar-refractivity contribution in [1.82, 2.24) is 24.5 Å². The van der Waals surface area contributed by atoms with Gasteiger partial charge >= 0.3 is 6.18 Å². The molecule has 4 aliphatic rings. The zero-order valence-electron chi connectivity index (χ0n) is 39.0. The number of carbonyl (C=O) groups is 1. The average Bonchev–Trinajstić information content (AvgIpc) is 3.80. The van der Waals surface area contributed by atoms with Crippen LogP contribution in [0.2, 0.25) is 5.02 Å². The Labute approximate surface area is 409 Å². The van der Waals surface area contributed by atoms with Crippen LogP contribution in [0.15, 0.2) is 89.6 Å². The number of benzene rings is 3. The Kier molecular flexibility index (Phi) is 14.2. The Bertz CT molecular complexity index is 2910. The number of hydrogen-bond donors (Lipinski definition) is 3. The van der Waals surface area contributed by atoms with E-state index in [1.807, 2.05) is 6.07 Å². The number of sulfonamides is 1. The van der Waals surface area contributed by atoms with Crippen molar-refractivity contribution in [2.45, 2.75) is 81.9 Å². The molecular formula is C50H56ClF3N8O7S. The van der Waals surface area contributed by atoms with Gasteiger partial charge in [0.05, 0.1) is 27.1 Å². The number of piperazine rings is 1. The van der Waals surface area contributed by atoms with E-state index < -0.39 is 43.2 Å². The third kappa shape index (κ3) is 11.2. The number of H-pyrrole nitrogens is 1. The maximum absolute atomic E-state index is 14.0. The number of amides is 1. The molecule has 0 saturated carbocycles. The Hall–Kier alpha value is -5.73. The van der Waals surface area contributed by atoms with Gasteiger partial charge in [-0.1, -0.05) is 37.1 Å². The van der Waals surface area contributed by atoms with Crippen molar-refractivity contribution in [2.75, 3.05) is 69.2 Å². The van der Waals surface area contributed by atoms with Crippen molar-refractivity contribution < 1.29 is 40.8 Å². The molecule has 372 valence electrons. The predicted molar refractivity (Wildman–Crippen MR) is 262 cm³/mol. The van der Waals surface area contributed by atoms with Crippen LogP contribution in [-0.4, -0.2) is 110 Å². The lowest BCUT2D eigenvalue weighted by atomic mass is 9.72. The monoisotopic (exact) mass is 1000 g/mol. The van der Waals surface area contributed by atoms with Gasteiger partial charge in [-0.25, -0.2) is 18.1 Å². The summed E-state index contributed by atoms with van der Waals surface area (Å²) >= 11 is 6.55. The van der Waals surface area contributed by atoms with Crippen molar-refractivity contribution in [3.8, 4) is 11.5 Å². The van der Waals surface area contributed by atoms with Crippen LogP contribution in [0.5, 0.6) is 11.5 Å². The quantitative estimate of drug-likeness (QED) is 0.0754. The molecule has 3 fully saturated rings. The molecule has 3 saturated heterocycles. The Morgan fingerprint density at radius 3 is 2.46 bits per heavy atom. The number of aromatic nitrogens is 2. The first kappa shape index (κ1) is 49.3. The summed E-state index contributed by atoms with van der Waals surface area (Å²) in [4.78, 5) is 39.6. The zero-order valence-corrected chi connectivity index (χ0v) is 40.6. The number of likely N-dealkylation sites (tertiary alicyclic amines) is 1. The summed E-state index contributed by atoms with van der Waals surface area (Å²) < 4.78 is 82.2. The number of halogens is 4. The second-order valence-corrected chi connectivity index (χ2v) is 21.5. The number of nitrogens with one attached hydrogen (secondary N) is 3. The number of nitrogens with zero attached hydrogens (tertiary/aromatic N) is 5. The molecule has 70 heavy (non-hydrogen) atoms. The van der Waals surface area contributed by atoms with E-state index in [-0.39, 0.29) is 33.5 Å². The van der Waals surface area contributed by atoms with E-state index >= 15 is 0 Å². The van der Waals surface area contributed by atoms with Gasteiger partial charge in [-0.05, 0) is 110 Å². The van der Waals surface area contributed by atoms with Crippen LogP contribution in [0.4, 0.5) is 30.2 Å². The maximum atomic E-state index is 14.0. The van der Waals surface area contributed by atoms with Crippen LogP contribution in [-0.2, 0) is 20.9 Å². The number of aromatic amines is 1. The van der Waals surface area contributed by atoms with Crippen LogP contribution in [0.25, 0.3) is 16.6 Å². The number of nitro benzene ring substituents is 1. The number of piperidine rings is 1. The summed E-state index contributed by atoms with van der Waals surface area (Å²) in [6.07, 6.45) is 4.62. The van der Waals surface area contributed by atoms with Crippen LogP contribution in [0.3, 0.4) is 0 Å². The molecular weight excluding hydrogens is 949 g/mol. The highest BCUT2D eigenvalue weighted by Gasteiger charge is 2.35.